The molecule has 508 valence electrons. The number of benzene rings is 1. The molecule has 3 amide bonds. The molecule has 0 spiro atoms. The van der Waals surface area contributed by atoms with Crippen LogP contribution in [0.1, 0.15) is 103 Å². The van der Waals surface area contributed by atoms with Gasteiger partial charge in [0.25, 0.3) is 17.6 Å². The Kier molecular flexibility index (Phi) is 31.8. The van der Waals surface area contributed by atoms with Crippen LogP contribution in [0.5, 0.6) is 5.75 Å². The van der Waals surface area contributed by atoms with Crippen molar-refractivity contribution in [2.24, 2.45) is 0 Å². The third-order valence-electron chi connectivity index (χ3n) is 15.9. The van der Waals surface area contributed by atoms with Gasteiger partial charge in [-0.25, -0.2) is 14.6 Å². The molecule has 2 saturated heterocycles. The Balaban J connectivity index is 0.694. The number of pyridine rings is 1. The van der Waals surface area contributed by atoms with E-state index in [0.717, 1.165) is 68.9 Å². The van der Waals surface area contributed by atoms with Crippen molar-refractivity contribution in [3.63, 3.8) is 0 Å². The van der Waals surface area contributed by atoms with Crippen molar-refractivity contribution in [1.29, 1.82) is 5.26 Å². The number of aliphatic hydroxyl groups excluding tert-OH is 1. The van der Waals surface area contributed by atoms with Crippen molar-refractivity contribution in [2.75, 3.05) is 172 Å². The first kappa shape index (κ1) is 72.9. The molecule has 29 nitrogen and oxygen atoms in total. The lowest BCUT2D eigenvalue weighted by molar-refractivity contribution is -0.127. The molecular formula is C64H92N14O15. The number of aromatic amines is 1. The van der Waals surface area contributed by atoms with Gasteiger partial charge in [-0.2, -0.15) is 9.94 Å². The third-order valence-corrected chi connectivity index (χ3v) is 15.9. The summed E-state index contributed by atoms with van der Waals surface area (Å²) in [5, 5.41) is 38.4. The summed E-state index contributed by atoms with van der Waals surface area (Å²) in [6.07, 6.45) is 9.89. The number of hydrogen-bond acceptors (Lipinski definition) is 23. The van der Waals surface area contributed by atoms with Gasteiger partial charge in [0.05, 0.1) is 166 Å². The number of piperazine rings is 1. The zero-order chi connectivity index (χ0) is 66.0. The molecule has 0 saturated carbocycles. The van der Waals surface area contributed by atoms with Crippen molar-refractivity contribution in [3.8, 4) is 17.6 Å². The van der Waals surface area contributed by atoms with Gasteiger partial charge in [-0.3, -0.25) is 28.9 Å². The van der Waals surface area contributed by atoms with Crippen LogP contribution in [0, 0.1) is 11.3 Å². The van der Waals surface area contributed by atoms with Gasteiger partial charge in [0.2, 0.25) is 11.7 Å². The molecule has 6 heterocycles. The van der Waals surface area contributed by atoms with Gasteiger partial charge in [-0.05, 0) is 68.2 Å². The number of Topliss-reactive ketones (excluding diaryl/α,β-unsaturated/α-hetero) is 2. The lowest BCUT2D eigenvalue weighted by atomic mass is 9.90. The molecule has 0 aliphatic carbocycles. The van der Waals surface area contributed by atoms with Gasteiger partial charge < -0.3 is 73.2 Å². The molecule has 29 heteroatoms. The number of likely N-dealkylation sites (tertiary alicyclic amines) is 1. The van der Waals surface area contributed by atoms with E-state index in [2.05, 4.69) is 82.8 Å². The molecule has 1 atom stereocenters. The maximum absolute atomic E-state index is 13.9. The van der Waals surface area contributed by atoms with E-state index in [9.17, 15) is 34.3 Å². The normalized spacial score (nSPS) is 14.2. The van der Waals surface area contributed by atoms with Crippen molar-refractivity contribution < 1.29 is 71.7 Å². The highest BCUT2D eigenvalue weighted by molar-refractivity contribution is 6.45. The number of allylic oxidation sites excluding steroid dienone is 1. The highest BCUT2D eigenvalue weighted by Crippen LogP contribution is 2.33. The summed E-state index contributed by atoms with van der Waals surface area (Å²) in [6.45, 7) is 19.0. The SMILES string of the molecule is CCC(CC)c1ccc(C(C#N)=C2CCN(C(=O)C(=O)c3c[nH]c4c(-n5cnc(C(=O)N[C@H](CO)C(=O)NCCCN6CCN(CCOCCOCCOCCOCc7cn(CCOCCOCCOCCOCCC(C)=O)nn7)CC6)n5)ncc(OC)c34)CC2)cc1. The van der Waals surface area contributed by atoms with Gasteiger partial charge in [-0.15, -0.1) is 10.2 Å². The predicted molar refractivity (Wildman–Crippen MR) is 340 cm³/mol. The van der Waals surface area contributed by atoms with Crippen molar-refractivity contribution in [3.05, 3.63) is 83.0 Å². The van der Waals surface area contributed by atoms with Crippen LogP contribution in [0.2, 0.25) is 0 Å². The molecule has 0 radical (unpaired) electrons. The Hall–Kier alpha value is -7.47. The number of H-pyrrole nitrogens is 1. The monoisotopic (exact) mass is 1300 g/mol. The summed E-state index contributed by atoms with van der Waals surface area (Å²) in [6, 6.07) is 9.26. The fraction of sp³-hybridized carbons (Fsp3) is 0.609. The number of nitrogens with zero attached hydrogens (tertiary/aromatic N) is 11. The van der Waals surface area contributed by atoms with Crippen LogP contribution in [0.25, 0.3) is 22.3 Å². The minimum atomic E-state index is -1.27. The molecule has 4 aromatic heterocycles. The molecule has 93 heavy (non-hydrogen) atoms. The van der Waals surface area contributed by atoms with Crippen LogP contribution in [-0.2, 0) is 65.4 Å². The fourth-order valence-corrected chi connectivity index (χ4v) is 10.6. The third kappa shape index (κ3) is 23.5. The Bertz CT molecular complexity index is 3160. The Morgan fingerprint density at radius 2 is 1.33 bits per heavy atom. The van der Waals surface area contributed by atoms with Crippen LogP contribution in [-0.4, -0.2) is 267 Å². The van der Waals surface area contributed by atoms with Gasteiger partial charge in [0.1, 0.15) is 29.6 Å². The average molecular weight is 1300 g/mol. The van der Waals surface area contributed by atoms with Gasteiger partial charge in [-0.1, -0.05) is 43.3 Å². The Labute approximate surface area is 542 Å². The molecule has 5 aromatic rings. The topological polar surface area (TPSA) is 336 Å². The predicted octanol–water partition coefficient (Wildman–Crippen LogP) is 2.96. The minimum absolute atomic E-state index is 0.0540. The second-order valence-corrected chi connectivity index (χ2v) is 22.3. The zero-order valence-electron chi connectivity index (χ0n) is 54.2. The lowest BCUT2D eigenvalue weighted by Gasteiger charge is -2.34. The van der Waals surface area contributed by atoms with E-state index < -0.39 is 36.2 Å². The molecule has 2 fully saturated rings. The standard InChI is InChI=1S/C64H92N14O15/c1-5-48(6-2)49-8-10-50(11-9-49)53(40-65)51-12-17-76(18-13-51)64(84)59(81)54-41-67-58-57(54)56(85-4)42-68-61(58)78-46-69-60(72-78)63(83)70-55(44-79)62(82)66-15-7-16-74-19-21-75(22-20-74)23-26-87-29-32-90-36-37-92-38-39-93-45-52-43-77(73-71-52)24-27-88-30-33-91-35-34-89-31-28-86-25-14-47(3)80/h8-11,41-43,46,48,55,67,79H,5-7,12-39,44-45H2,1-4H3,(H,66,82)(H,70,83)/t55-/m1/s1. The number of aromatic nitrogens is 8. The summed E-state index contributed by atoms with van der Waals surface area (Å²) >= 11 is 0. The van der Waals surface area contributed by atoms with Crippen LogP contribution < -0.4 is 15.4 Å². The van der Waals surface area contributed by atoms with Crippen molar-refractivity contribution in [1.82, 2.24) is 65.1 Å². The van der Waals surface area contributed by atoms with Crippen molar-refractivity contribution in [2.45, 2.75) is 84.4 Å². The van der Waals surface area contributed by atoms with Gasteiger partial charge >= 0.3 is 0 Å². The molecule has 2 aliphatic rings. The number of nitrogens with one attached hydrogen (secondary N) is 3. The molecule has 2 aliphatic heterocycles. The number of ketones is 2. The van der Waals surface area contributed by atoms with Gasteiger partial charge in [0, 0.05) is 65.0 Å². The number of ether oxygens (including phenoxy) is 9. The van der Waals surface area contributed by atoms with E-state index in [0.29, 0.717) is 156 Å². The molecule has 0 bridgehead atoms. The summed E-state index contributed by atoms with van der Waals surface area (Å²) in [5.74, 6) is -2.21. The van der Waals surface area contributed by atoms with E-state index >= 15 is 0 Å². The average Bonchev–Trinajstić information content (AvgIpc) is 1.67. The molecule has 1 aromatic carbocycles. The van der Waals surface area contributed by atoms with E-state index in [4.69, 9.17) is 42.6 Å². The van der Waals surface area contributed by atoms with E-state index in [1.54, 1.807) is 11.6 Å². The Morgan fingerprint density at radius 1 is 0.742 bits per heavy atom. The van der Waals surface area contributed by atoms with Crippen LogP contribution in [0.3, 0.4) is 0 Å². The number of carbonyl (C=O) groups is 5. The number of amides is 3. The second-order valence-electron chi connectivity index (χ2n) is 22.3. The number of rotatable bonds is 45. The molecule has 7 rings (SSSR count). The summed E-state index contributed by atoms with van der Waals surface area (Å²) < 4.78 is 53.1. The van der Waals surface area contributed by atoms with E-state index in [1.807, 2.05) is 18.3 Å². The minimum Gasteiger partial charge on any atom is -0.494 e. The quantitative estimate of drug-likeness (QED) is 0.0188. The van der Waals surface area contributed by atoms with Gasteiger partial charge in [0.15, 0.2) is 5.82 Å². The number of hydrogen-bond donors (Lipinski definition) is 4. The summed E-state index contributed by atoms with van der Waals surface area (Å²) in [7, 11) is 1.41. The van der Waals surface area contributed by atoms with Crippen molar-refractivity contribution >= 4 is 45.8 Å². The largest absolute Gasteiger partial charge is 0.494 e. The molecular weight excluding hydrogens is 1200 g/mol. The summed E-state index contributed by atoms with van der Waals surface area (Å²) in [5.41, 5.74) is 4.68. The zero-order valence-corrected chi connectivity index (χ0v) is 54.2. The number of carbonyl (C=O) groups excluding carboxylic acids is 5. The number of aliphatic hydroxyl groups is 1. The second kappa shape index (κ2) is 40.6. The van der Waals surface area contributed by atoms with E-state index in [1.165, 1.54) is 41.0 Å². The molecule has 4 N–H and O–H groups in total. The number of nitriles is 1. The smallest absolute Gasteiger partial charge is 0.295 e. The molecule has 0 unspecified atom stereocenters. The summed E-state index contributed by atoms with van der Waals surface area (Å²) in [4.78, 5) is 82.9. The number of fused-ring (bicyclic) bond motifs is 1. The van der Waals surface area contributed by atoms with E-state index in [-0.39, 0.29) is 52.7 Å². The maximum Gasteiger partial charge on any atom is 0.295 e. The highest BCUT2D eigenvalue weighted by atomic mass is 16.6. The number of methoxy groups -OCH3 is 1. The Morgan fingerprint density at radius 3 is 1.92 bits per heavy atom. The first-order valence-corrected chi connectivity index (χ1v) is 32.1. The first-order chi connectivity index (χ1) is 45.4. The lowest BCUT2D eigenvalue weighted by Crippen LogP contribution is -2.50. The van der Waals surface area contributed by atoms with Crippen LogP contribution >= 0.6 is 0 Å². The number of piperidine rings is 1. The maximum atomic E-state index is 13.9. The van der Waals surface area contributed by atoms with Crippen LogP contribution in [0.4, 0.5) is 0 Å². The highest BCUT2D eigenvalue weighted by Gasteiger charge is 2.31. The fourth-order valence-electron chi connectivity index (χ4n) is 10.6. The van der Waals surface area contributed by atoms with Crippen LogP contribution in [0.15, 0.2) is 54.8 Å². The first-order valence-electron chi connectivity index (χ1n) is 32.1.